The zero-order valence-corrected chi connectivity index (χ0v) is 19.1. The minimum Gasteiger partial charge on any atom is -0.482 e. The molecule has 0 saturated carbocycles. The average Bonchev–Trinajstić information content (AvgIpc) is 2.87. The van der Waals surface area contributed by atoms with E-state index in [4.69, 9.17) is 9.47 Å². The first kappa shape index (κ1) is 22.3. The number of allylic oxidation sites excluding steroid dienone is 1. The van der Waals surface area contributed by atoms with Crippen LogP contribution in [0.15, 0.2) is 42.6 Å². The summed E-state index contributed by atoms with van der Waals surface area (Å²) in [5, 5.41) is 2.85. The molecule has 8 heteroatoms. The first-order valence-corrected chi connectivity index (χ1v) is 11.5. The lowest BCUT2D eigenvalue weighted by Crippen LogP contribution is -2.34. The molecular formula is C26H27FN4O3. The van der Waals surface area contributed by atoms with Gasteiger partial charge in [-0.15, -0.1) is 0 Å². The van der Waals surface area contributed by atoms with Crippen molar-refractivity contribution < 1.29 is 18.7 Å². The Morgan fingerprint density at radius 3 is 2.94 bits per heavy atom. The Kier molecular flexibility index (Phi) is 6.40. The van der Waals surface area contributed by atoms with E-state index >= 15 is 0 Å². The Balaban J connectivity index is 1.17. The molecule has 7 nitrogen and oxygen atoms in total. The number of benzene rings is 1. The number of carbonyl (C=O) groups excluding carboxylic acids is 1. The molecule has 1 amide bonds. The van der Waals surface area contributed by atoms with E-state index < -0.39 is 0 Å². The highest BCUT2D eigenvalue weighted by molar-refractivity contribution is 5.95. The van der Waals surface area contributed by atoms with Crippen LogP contribution in [0, 0.1) is 11.7 Å². The van der Waals surface area contributed by atoms with Crippen LogP contribution in [-0.2, 0) is 11.2 Å². The molecule has 1 fully saturated rings. The van der Waals surface area contributed by atoms with Crippen LogP contribution < -0.4 is 14.8 Å². The highest BCUT2D eigenvalue weighted by Crippen LogP contribution is 2.29. The number of amides is 1. The number of halogens is 1. The maximum Gasteiger partial charge on any atom is 0.262 e. The van der Waals surface area contributed by atoms with Crippen LogP contribution in [0.2, 0.25) is 0 Å². The van der Waals surface area contributed by atoms with Crippen LogP contribution in [0.5, 0.6) is 11.6 Å². The van der Waals surface area contributed by atoms with Crippen LogP contribution in [0.1, 0.15) is 24.0 Å². The Morgan fingerprint density at radius 2 is 2.12 bits per heavy atom. The number of likely N-dealkylation sites (tertiary alicyclic amines) is 1. The van der Waals surface area contributed by atoms with Gasteiger partial charge in [0, 0.05) is 18.2 Å². The van der Waals surface area contributed by atoms with Gasteiger partial charge in [-0.3, -0.25) is 9.78 Å². The van der Waals surface area contributed by atoms with Crippen LogP contribution in [0.4, 0.5) is 10.1 Å². The SMILES string of the molecule is COc1ccc2ncc(F)c(CCN3CCC(/C=C/c4ccc5c(c4)NC(=O)CO5)CC3)c2n1. The second kappa shape index (κ2) is 9.77. The van der Waals surface area contributed by atoms with E-state index in [-0.39, 0.29) is 18.3 Å². The Hall–Kier alpha value is -3.52. The van der Waals surface area contributed by atoms with Crippen molar-refractivity contribution in [2.45, 2.75) is 19.3 Å². The maximum absolute atomic E-state index is 14.6. The predicted molar refractivity (Wildman–Crippen MR) is 129 cm³/mol. The number of pyridine rings is 2. The molecule has 0 unspecified atom stereocenters. The van der Waals surface area contributed by atoms with Crippen molar-refractivity contribution >= 4 is 28.7 Å². The summed E-state index contributed by atoms with van der Waals surface area (Å²) in [5.41, 5.74) is 3.60. The fourth-order valence-electron chi connectivity index (χ4n) is 4.52. The molecule has 34 heavy (non-hydrogen) atoms. The normalized spacial score (nSPS) is 16.9. The molecule has 2 aliphatic rings. The summed E-state index contributed by atoms with van der Waals surface area (Å²) in [6.07, 6.45) is 8.31. The highest BCUT2D eigenvalue weighted by atomic mass is 19.1. The van der Waals surface area contributed by atoms with Gasteiger partial charge in [-0.1, -0.05) is 18.2 Å². The second-order valence-corrected chi connectivity index (χ2v) is 8.69. The van der Waals surface area contributed by atoms with Crippen molar-refractivity contribution in [1.82, 2.24) is 14.9 Å². The van der Waals surface area contributed by atoms with Crippen LogP contribution >= 0.6 is 0 Å². The van der Waals surface area contributed by atoms with Crippen molar-refractivity contribution in [1.29, 1.82) is 0 Å². The number of piperidine rings is 1. The quantitative estimate of drug-likeness (QED) is 0.595. The summed E-state index contributed by atoms with van der Waals surface area (Å²) in [7, 11) is 1.55. The van der Waals surface area contributed by atoms with Crippen molar-refractivity contribution in [3.8, 4) is 11.6 Å². The van der Waals surface area contributed by atoms with Gasteiger partial charge < -0.3 is 19.7 Å². The maximum atomic E-state index is 14.6. The number of anilines is 1. The fraction of sp³-hybridized carbons (Fsp3) is 0.346. The van der Waals surface area contributed by atoms with E-state index in [1.165, 1.54) is 6.20 Å². The Labute approximate surface area is 197 Å². The molecule has 0 spiro atoms. The van der Waals surface area contributed by atoms with Crippen LogP contribution in [-0.4, -0.2) is 54.1 Å². The number of hydrogen-bond acceptors (Lipinski definition) is 6. The van der Waals surface area contributed by atoms with E-state index in [1.54, 1.807) is 13.2 Å². The van der Waals surface area contributed by atoms with E-state index in [1.807, 2.05) is 24.3 Å². The van der Waals surface area contributed by atoms with E-state index in [0.717, 1.165) is 43.7 Å². The number of hydrogen-bond donors (Lipinski definition) is 1. The third-order valence-electron chi connectivity index (χ3n) is 6.46. The van der Waals surface area contributed by atoms with E-state index in [2.05, 4.69) is 32.3 Å². The molecule has 1 saturated heterocycles. The topological polar surface area (TPSA) is 76.6 Å². The molecule has 3 aromatic rings. The number of nitrogens with one attached hydrogen (secondary N) is 1. The first-order valence-electron chi connectivity index (χ1n) is 11.5. The number of aromatic nitrogens is 2. The monoisotopic (exact) mass is 462 g/mol. The van der Waals surface area contributed by atoms with E-state index in [9.17, 15) is 9.18 Å². The Morgan fingerprint density at radius 1 is 1.26 bits per heavy atom. The summed E-state index contributed by atoms with van der Waals surface area (Å²) in [6, 6.07) is 9.38. The number of rotatable bonds is 6. The van der Waals surface area contributed by atoms with E-state index in [0.29, 0.717) is 40.6 Å². The zero-order valence-electron chi connectivity index (χ0n) is 19.1. The summed E-state index contributed by atoms with van der Waals surface area (Å²) in [6.45, 7) is 2.76. The summed E-state index contributed by atoms with van der Waals surface area (Å²) < 4.78 is 25.2. The average molecular weight is 463 g/mol. The van der Waals surface area contributed by atoms with Crippen molar-refractivity contribution in [2.24, 2.45) is 5.92 Å². The second-order valence-electron chi connectivity index (χ2n) is 8.69. The molecule has 0 aliphatic carbocycles. The molecule has 176 valence electrons. The molecule has 0 radical (unpaired) electrons. The van der Waals surface area contributed by atoms with Gasteiger partial charge in [-0.25, -0.2) is 9.37 Å². The molecular weight excluding hydrogens is 435 g/mol. The number of methoxy groups -OCH3 is 1. The standard InChI is InChI=1S/C26H27FN4O3/c1-33-25-7-5-21-26(30-25)19(20(27)15-28-21)10-13-31-11-8-17(9-12-31)2-3-18-4-6-23-22(14-18)29-24(32)16-34-23/h2-7,14-15,17H,8-13,16H2,1H3,(H,29,32)/b3-2+. The Bertz CT molecular complexity index is 1240. The summed E-state index contributed by atoms with van der Waals surface area (Å²) >= 11 is 0. The minimum atomic E-state index is -0.322. The van der Waals surface area contributed by atoms with Crippen molar-refractivity contribution in [3.63, 3.8) is 0 Å². The van der Waals surface area contributed by atoms with Gasteiger partial charge in [0.2, 0.25) is 5.88 Å². The number of fused-ring (bicyclic) bond motifs is 2. The lowest BCUT2D eigenvalue weighted by Gasteiger charge is -2.30. The van der Waals surface area contributed by atoms with Gasteiger partial charge in [0.15, 0.2) is 6.61 Å². The van der Waals surface area contributed by atoms with Crippen molar-refractivity contribution in [2.75, 3.05) is 38.7 Å². The molecule has 1 N–H and O–H groups in total. The minimum absolute atomic E-state index is 0.0650. The summed E-state index contributed by atoms with van der Waals surface area (Å²) in [4.78, 5) is 22.5. The van der Waals surface area contributed by atoms with Gasteiger partial charge in [0.05, 0.1) is 30.0 Å². The number of carbonyl (C=O) groups is 1. The van der Waals surface area contributed by atoms with Crippen LogP contribution in [0.3, 0.4) is 0 Å². The van der Waals surface area contributed by atoms with Gasteiger partial charge in [-0.2, -0.15) is 0 Å². The molecule has 0 bridgehead atoms. The number of ether oxygens (including phenoxy) is 2. The molecule has 4 heterocycles. The fourth-order valence-corrected chi connectivity index (χ4v) is 4.52. The van der Waals surface area contributed by atoms with Gasteiger partial charge in [-0.05, 0) is 62.0 Å². The lowest BCUT2D eigenvalue weighted by molar-refractivity contribution is -0.118. The summed E-state index contributed by atoms with van der Waals surface area (Å²) in [5.74, 6) is 1.20. The largest absolute Gasteiger partial charge is 0.482 e. The third kappa shape index (κ3) is 4.87. The van der Waals surface area contributed by atoms with Gasteiger partial charge in [0.1, 0.15) is 11.6 Å². The van der Waals surface area contributed by atoms with Gasteiger partial charge in [0.25, 0.3) is 5.91 Å². The van der Waals surface area contributed by atoms with Crippen molar-refractivity contribution in [3.05, 3.63) is 59.5 Å². The van der Waals surface area contributed by atoms with Crippen LogP contribution in [0.25, 0.3) is 17.1 Å². The first-order chi connectivity index (χ1) is 16.6. The molecule has 2 aromatic heterocycles. The smallest absolute Gasteiger partial charge is 0.262 e. The number of nitrogens with zero attached hydrogens (tertiary/aromatic N) is 3. The molecule has 5 rings (SSSR count). The zero-order chi connectivity index (χ0) is 23.5. The predicted octanol–water partition coefficient (Wildman–Crippen LogP) is 4.08. The lowest BCUT2D eigenvalue weighted by atomic mass is 9.95. The molecule has 1 aromatic carbocycles. The van der Waals surface area contributed by atoms with Gasteiger partial charge >= 0.3 is 0 Å². The molecule has 0 atom stereocenters. The molecule has 2 aliphatic heterocycles. The third-order valence-corrected chi connectivity index (χ3v) is 6.46. The highest BCUT2D eigenvalue weighted by Gasteiger charge is 2.19.